The standard InChI is InChI=1S/C18H27N7O/c1-12(2)18-13(5-4-8-26-18)22-15-9-14(20-11-21-15)19-10-17-24-23-16-6-3-7-25(16)17/h9,11-13,18H,3-8,10H2,1-2H3,(H2,19,20,21,22). The predicted octanol–water partition coefficient (Wildman–Crippen LogP) is 2.24. The molecule has 0 radical (unpaired) electrons. The fourth-order valence-electron chi connectivity index (χ4n) is 3.85. The Bertz CT molecular complexity index is 745. The highest BCUT2D eigenvalue weighted by Gasteiger charge is 2.28. The molecule has 8 nitrogen and oxygen atoms in total. The lowest BCUT2D eigenvalue weighted by atomic mass is 9.94. The van der Waals surface area contributed by atoms with Gasteiger partial charge < -0.3 is 19.9 Å². The summed E-state index contributed by atoms with van der Waals surface area (Å²) in [7, 11) is 0. The number of hydrogen-bond acceptors (Lipinski definition) is 7. The van der Waals surface area contributed by atoms with E-state index in [1.54, 1.807) is 6.33 Å². The van der Waals surface area contributed by atoms with Crippen LogP contribution in [-0.2, 0) is 24.2 Å². The average Bonchev–Trinajstić information content (AvgIpc) is 3.25. The van der Waals surface area contributed by atoms with Crippen molar-refractivity contribution in [3.8, 4) is 0 Å². The average molecular weight is 357 g/mol. The lowest BCUT2D eigenvalue weighted by molar-refractivity contribution is -0.0203. The van der Waals surface area contributed by atoms with Gasteiger partial charge in [-0.05, 0) is 25.2 Å². The van der Waals surface area contributed by atoms with E-state index in [1.165, 1.54) is 0 Å². The lowest BCUT2D eigenvalue weighted by Gasteiger charge is -2.35. The van der Waals surface area contributed by atoms with Gasteiger partial charge in [0.2, 0.25) is 0 Å². The molecule has 0 aliphatic carbocycles. The molecule has 26 heavy (non-hydrogen) atoms. The second kappa shape index (κ2) is 7.57. The number of hydrogen-bond donors (Lipinski definition) is 2. The topological polar surface area (TPSA) is 89.8 Å². The molecule has 0 bridgehead atoms. The Hall–Kier alpha value is -2.22. The van der Waals surface area contributed by atoms with Crippen molar-refractivity contribution in [2.45, 2.75) is 64.8 Å². The van der Waals surface area contributed by atoms with Crippen molar-refractivity contribution in [2.24, 2.45) is 5.92 Å². The van der Waals surface area contributed by atoms with Crippen LogP contribution in [0.2, 0.25) is 0 Å². The van der Waals surface area contributed by atoms with Crippen LogP contribution >= 0.6 is 0 Å². The number of ether oxygens (including phenoxy) is 1. The Labute approximate surface area is 153 Å². The molecule has 0 amide bonds. The molecule has 140 valence electrons. The van der Waals surface area contributed by atoms with Gasteiger partial charge in [-0.2, -0.15) is 0 Å². The van der Waals surface area contributed by atoms with Crippen molar-refractivity contribution in [1.82, 2.24) is 24.7 Å². The monoisotopic (exact) mass is 357 g/mol. The molecule has 4 heterocycles. The number of nitrogens with one attached hydrogen (secondary N) is 2. The minimum atomic E-state index is 0.216. The van der Waals surface area contributed by atoms with Crippen LogP contribution in [0.3, 0.4) is 0 Å². The van der Waals surface area contributed by atoms with E-state index < -0.39 is 0 Å². The summed E-state index contributed by atoms with van der Waals surface area (Å²) in [5, 5.41) is 15.4. The molecule has 1 fully saturated rings. The molecule has 2 N–H and O–H groups in total. The maximum Gasteiger partial charge on any atom is 0.152 e. The van der Waals surface area contributed by atoms with E-state index in [0.717, 1.165) is 62.1 Å². The quantitative estimate of drug-likeness (QED) is 0.819. The Balaban J connectivity index is 1.40. The highest BCUT2D eigenvalue weighted by molar-refractivity contribution is 5.47. The first-order valence-corrected chi connectivity index (χ1v) is 9.55. The zero-order valence-electron chi connectivity index (χ0n) is 15.5. The second-order valence-electron chi connectivity index (χ2n) is 7.40. The summed E-state index contributed by atoms with van der Waals surface area (Å²) in [4.78, 5) is 8.71. The molecule has 1 saturated heterocycles. The van der Waals surface area contributed by atoms with Crippen molar-refractivity contribution in [3.05, 3.63) is 24.0 Å². The van der Waals surface area contributed by atoms with E-state index in [2.05, 4.69) is 49.2 Å². The van der Waals surface area contributed by atoms with Gasteiger partial charge in [-0.25, -0.2) is 9.97 Å². The summed E-state index contributed by atoms with van der Waals surface area (Å²) in [6, 6.07) is 2.24. The van der Waals surface area contributed by atoms with Gasteiger partial charge in [0.15, 0.2) is 5.82 Å². The van der Waals surface area contributed by atoms with Gasteiger partial charge in [-0.3, -0.25) is 0 Å². The van der Waals surface area contributed by atoms with Crippen LogP contribution in [0, 0.1) is 5.92 Å². The van der Waals surface area contributed by atoms with E-state index in [4.69, 9.17) is 4.74 Å². The predicted molar refractivity (Wildman–Crippen MR) is 98.9 cm³/mol. The maximum absolute atomic E-state index is 5.95. The summed E-state index contributed by atoms with van der Waals surface area (Å²) in [6.07, 6.45) is 6.16. The molecule has 2 aliphatic heterocycles. The second-order valence-corrected chi connectivity index (χ2v) is 7.40. The number of nitrogens with zero attached hydrogens (tertiary/aromatic N) is 5. The fourth-order valence-corrected chi connectivity index (χ4v) is 3.85. The summed E-state index contributed by atoms with van der Waals surface area (Å²) >= 11 is 0. The molecular weight excluding hydrogens is 330 g/mol. The van der Waals surface area contributed by atoms with Crippen molar-refractivity contribution in [3.63, 3.8) is 0 Å². The van der Waals surface area contributed by atoms with Crippen LogP contribution in [0.15, 0.2) is 12.4 Å². The minimum absolute atomic E-state index is 0.216. The maximum atomic E-state index is 5.95. The number of anilines is 2. The van der Waals surface area contributed by atoms with E-state index >= 15 is 0 Å². The van der Waals surface area contributed by atoms with E-state index in [0.29, 0.717) is 12.5 Å². The van der Waals surface area contributed by atoms with Gasteiger partial charge >= 0.3 is 0 Å². The van der Waals surface area contributed by atoms with E-state index in [9.17, 15) is 0 Å². The zero-order valence-corrected chi connectivity index (χ0v) is 15.5. The highest BCUT2D eigenvalue weighted by atomic mass is 16.5. The Kier molecular flexibility index (Phi) is 5.01. The first-order valence-electron chi connectivity index (χ1n) is 9.55. The van der Waals surface area contributed by atoms with Gasteiger partial charge in [-0.1, -0.05) is 13.8 Å². The summed E-state index contributed by atoms with van der Waals surface area (Å²) in [6.45, 7) is 6.88. The number of aromatic nitrogens is 5. The van der Waals surface area contributed by atoms with Gasteiger partial charge in [0, 0.05) is 25.6 Å². The zero-order chi connectivity index (χ0) is 17.9. The molecule has 0 saturated carbocycles. The summed E-state index contributed by atoms with van der Waals surface area (Å²) in [5.74, 6) is 4.14. The molecule has 2 aliphatic rings. The first kappa shape index (κ1) is 17.2. The lowest BCUT2D eigenvalue weighted by Crippen LogP contribution is -2.43. The molecule has 4 rings (SSSR count). The van der Waals surface area contributed by atoms with Crippen LogP contribution < -0.4 is 10.6 Å². The third-order valence-electron chi connectivity index (χ3n) is 5.14. The first-order chi connectivity index (χ1) is 12.7. The Morgan fingerprint density at radius 1 is 1.23 bits per heavy atom. The number of aryl methyl sites for hydroxylation is 1. The third kappa shape index (κ3) is 3.65. The largest absolute Gasteiger partial charge is 0.376 e. The van der Waals surface area contributed by atoms with Crippen molar-refractivity contribution < 1.29 is 4.74 Å². The summed E-state index contributed by atoms with van der Waals surface area (Å²) in [5.41, 5.74) is 0. The van der Waals surface area contributed by atoms with Crippen molar-refractivity contribution in [1.29, 1.82) is 0 Å². The molecule has 2 unspecified atom stereocenters. The Morgan fingerprint density at radius 2 is 2.12 bits per heavy atom. The highest BCUT2D eigenvalue weighted by Crippen LogP contribution is 2.24. The molecule has 2 aromatic rings. The fraction of sp³-hybridized carbons (Fsp3) is 0.667. The summed E-state index contributed by atoms with van der Waals surface area (Å²) < 4.78 is 8.15. The SMILES string of the molecule is CC(C)C1OCCCC1Nc1cc(NCc2nnc3n2CCC3)ncn1. The van der Waals surface area contributed by atoms with Gasteiger partial charge in [0.1, 0.15) is 23.8 Å². The number of rotatable bonds is 6. The molecule has 2 aromatic heterocycles. The molecule has 8 heteroatoms. The number of fused-ring (bicyclic) bond motifs is 1. The van der Waals surface area contributed by atoms with Crippen LogP contribution in [0.25, 0.3) is 0 Å². The normalized spacial score (nSPS) is 22.4. The van der Waals surface area contributed by atoms with Crippen LogP contribution in [-0.4, -0.2) is 43.5 Å². The van der Waals surface area contributed by atoms with Crippen molar-refractivity contribution >= 4 is 11.6 Å². The van der Waals surface area contributed by atoms with Crippen LogP contribution in [0.1, 0.15) is 44.8 Å². The van der Waals surface area contributed by atoms with E-state index in [-0.39, 0.29) is 12.1 Å². The van der Waals surface area contributed by atoms with Crippen molar-refractivity contribution in [2.75, 3.05) is 17.2 Å². The van der Waals surface area contributed by atoms with Gasteiger partial charge in [0.05, 0.1) is 18.7 Å². The van der Waals surface area contributed by atoms with Gasteiger partial charge in [0.25, 0.3) is 0 Å². The third-order valence-corrected chi connectivity index (χ3v) is 5.14. The molecular formula is C18H27N7O. The van der Waals surface area contributed by atoms with Crippen LogP contribution in [0.5, 0.6) is 0 Å². The smallest absolute Gasteiger partial charge is 0.152 e. The minimum Gasteiger partial charge on any atom is -0.376 e. The van der Waals surface area contributed by atoms with Gasteiger partial charge in [-0.15, -0.1) is 10.2 Å². The van der Waals surface area contributed by atoms with E-state index in [1.807, 2.05) is 6.07 Å². The molecule has 0 spiro atoms. The van der Waals surface area contributed by atoms with Crippen LogP contribution in [0.4, 0.5) is 11.6 Å². The molecule has 2 atom stereocenters. The Morgan fingerprint density at radius 3 is 3.00 bits per heavy atom. The molecule has 0 aromatic carbocycles.